The number of carbonyl (C=O) groups excluding carboxylic acids is 1. The summed E-state index contributed by atoms with van der Waals surface area (Å²) in [6.07, 6.45) is 3.66. The molecule has 0 amide bonds. The number of anilines is 1. The topological polar surface area (TPSA) is 72.8 Å². The van der Waals surface area contributed by atoms with E-state index in [1.54, 1.807) is 4.57 Å². The number of halogens is 3. The monoisotopic (exact) mass is 451 g/mol. The van der Waals surface area contributed by atoms with Gasteiger partial charge >= 0.3 is 13.4 Å². The van der Waals surface area contributed by atoms with Gasteiger partial charge in [0.2, 0.25) is 5.43 Å². The van der Waals surface area contributed by atoms with E-state index in [0.717, 1.165) is 25.3 Å². The number of nitrogens with one attached hydrogen (secondary N) is 1. The van der Waals surface area contributed by atoms with Gasteiger partial charge in [0, 0.05) is 31.4 Å². The number of carbonyl (C=O) groups is 1. The molecule has 0 unspecified atom stereocenters. The molecule has 1 saturated heterocycles. The van der Waals surface area contributed by atoms with Gasteiger partial charge < -0.3 is 24.2 Å². The highest BCUT2D eigenvalue weighted by Gasteiger charge is 2.35. The predicted molar refractivity (Wildman–Crippen MR) is 115 cm³/mol. The van der Waals surface area contributed by atoms with Crippen molar-refractivity contribution in [2.75, 3.05) is 32.1 Å². The number of ether oxygens (including phenoxy) is 1. The van der Waals surface area contributed by atoms with Crippen LogP contribution in [-0.2, 0) is 4.65 Å². The maximum Gasteiger partial charge on any atom is 0.798 e. The van der Waals surface area contributed by atoms with E-state index in [2.05, 4.69) is 16.9 Å². The molecule has 1 aliphatic carbocycles. The molecule has 1 aliphatic heterocycles. The maximum absolute atomic E-state index is 15.4. The molecule has 0 radical (unpaired) electrons. The molecule has 1 N–H and O–H groups in total. The van der Waals surface area contributed by atoms with Gasteiger partial charge in [0.1, 0.15) is 11.3 Å². The van der Waals surface area contributed by atoms with Gasteiger partial charge in [-0.05, 0) is 45.2 Å². The van der Waals surface area contributed by atoms with Crippen molar-refractivity contribution in [1.82, 2.24) is 9.88 Å². The molecule has 1 saturated carbocycles. The molecule has 0 bridgehead atoms. The van der Waals surface area contributed by atoms with Crippen LogP contribution in [0.15, 0.2) is 17.1 Å². The van der Waals surface area contributed by atoms with Crippen LogP contribution in [0.3, 0.4) is 0 Å². The van der Waals surface area contributed by atoms with Crippen molar-refractivity contribution in [3.63, 3.8) is 0 Å². The number of hydrogen-bond donors (Lipinski definition) is 1. The Hall–Kier alpha value is -2.69. The van der Waals surface area contributed by atoms with Crippen molar-refractivity contribution in [1.29, 1.82) is 0 Å². The van der Waals surface area contributed by atoms with Crippen LogP contribution in [0.4, 0.5) is 18.7 Å². The van der Waals surface area contributed by atoms with Crippen molar-refractivity contribution in [2.24, 2.45) is 5.92 Å². The van der Waals surface area contributed by atoms with Gasteiger partial charge in [-0.25, -0.2) is 17.8 Å². The molecule has 11 heteroatoms. The molecular weight excluding hydrogens is 426 g/mol. The Morgan fingerprint density at radius 1 is 1.31 bits per heavy atom. The Morgan fingerprint density at radius 3 is 2.62 bits per heavy atom. The average molecular weight is 451 g/mol. The quantitative estimate of drug-likeness (QED) is 0.653. The zero-order chi connectivity index (χ0) is 23.2. The molecule has 1 aromatic heterocycles. The lowest BCUT2D eigenvalue weighted by Crippen LogP contribution is -2.33. The van der Waals surface area contributed by atoms with Gasteiger partial charge in [-0.2, -0.15) is 0 Å². The number of nitrogens with zero attached hydrogens (tertiary/aromatic N) is 2. The lowest BCUT2D eigenvalue weighted by Gasteiger charge is -2.25. The third-order valence-corrected chi connectivity index (χ3v) is 6.46. The van der Waals surface area contributed by atoms with Crippen LogP contribution in [0, 0.1) is 11.7 Å². The third-order valence-electron chi connectivity index (χ3n) is 6.46. The summed E-state index contributed by atoms with van der Waals surface area (Å²) in [6, 6.07) is 1.28. The number of hydrogen-bond acceptors (Lipinski definition) is 6. The zero-order valence-corrected chi connectivity index (χ0v) is 18.2. The Bertz CT molecular complexity index is 1110. The summed E-state index contributed by atoms with van der Waals surface area (Å²) in [5, 5.41) is 3.13. The van der Waals surface area contributed by atoms with Crippen LogP contribution in [0.1, 0.15) is 42.6 Å². The highest BCUT2D eigenvalue weighted by Crippen LogP contribution is 2.44. The van der Waals surface area contributed by atoms with E-state index in [0.29, 0.717) is 24.5 Å². The summed E-state index contributed by atoms with van der Waals surface area (Å²) in [5.41, 5.74) is -0.796. The van der Waals surface area contributed by atoms with E-state index in [1.807, 2.05) is 11.9 Å². The number of fused-ring (bicyclic) bond motifs is 1. The second kappa shape index (κ2) is 8.69. The fourth-order valence-electron chi connectivity index (χ4n) is 4.50. The number of methoxy groups -OCH3 is 1. The summed E-state index contributed by atoms with van der Waals surface area (Å²) in [5.74, 6) is -1.58. The summed E-state index contributed by atoms with van der Waals surface area (Å²) in [7, 11) is -0.0683. The minimum Gasteiger partial charge on any atom is -0.492 e. The van der Waals surface area contributed by atoms with E-state index >= 15 is 4.39 Å². The van der Waals surface area contributed by atoms with Crippen molar-refractivity contribution in [2.45, 2.75) is 38.3 Å². The first-order chi connectivity index (χ1) is 15.3. The molecule has 2 aromatic rings. The predicted octanol–water partition coefficient (Wildman–Crippen LogP) is 3.00. The molecule has 32 heavy (non-hydrogen) atoms. The van der Waals surface area contributed by atoms with Gasteiger partial charge in [0.25, 0.3) is 0 Å². The Balaban J connectivity index is 1.89. The second-order valence-corrected chi connectivity index (χ2v) is 8.38. The molecule has 0 spiro atoms. The summed E-state index contributed by atoms with van der Waals surface area (Å²) in [6.45, 7) is 3.32. The molecular formula is C21H25BF3N3O4. The van der Waals surface area contributed by atoms with Crippen molar-refractivity contribution in [3.05, 3.63) is 33.9 Å². The van der Waals surface area contributed by atoms with Gasteiger partial charge in [-0.3, -0.25) is 4.79 Å². The molecule has 2 heterocycles. The number of aromatic nitrogens is 1. The standard InChI is InChI=1S/C21H25BF3N3O4/c1-11(26-2)12-6-7-27(9-12)18-16(23)8-14-17(20(18)31-3)28(13-4-5-13)10-15(19(14)29)21(30)32-22(24)25/h8,10-13,26H,4-7,9H2,1-3H3/t11-,12-/m1/s1. The Labute approximate surface area is 183 Å². The van der Waals surface area contributed by atoms with E-state index in [-0.39, 0.29) is 28.9 Å². The van der Waals surface area contributed by atoms with Crippen LogP contribution >= 0.6 is 0 Å². The maximum atomic E-state index is 15.4. The molecule has 2 atom stereocenters. The summed E-state index contributed by atoms with van der Waals surface area (Å²) < 4.78 is 51.7. The summed E-state index contributed by atoms with van der Waals surface area (Å²) in [4.78, 5) is 27.0. The molecule has 7 nitrogen and oxygen atoms in total. The molecule has 172 valence electrons. The SMILES string of the molecule is CN[C@H](C)[C@@H]1CCN(c2c(F)cc3c(=O)c(C(=O)OB(F)F)cn(C4CC4)c3c2OC)C1. The minimum atomic E-state index is -3.36. The third kappa shape index (κ3) is 3.94. The van der Waals surface area contributed by atoms with Crippen LogP contribution in [0.25, 0.3) is 10.9 Å². The van der Waals surface area contributed by atoms with E-state index in [4.69, 9.17) is 4.74 Å². The van der Waals surface area contributed by atoms with Crippen molar-refractivity contribution < 1.29 is 27.2 Å². The fourth-order valence-corrected chi connectivity index (χ4v) is 4.50. The lowest BCUT2D eigenvalue weighted by atomic mass is 10.0. The normalized spacial score (nSPS) is 19.3. The first-order valence-corrected chi connectivity index (χ1v) is 10.6. The van der Waals surface area contributed by atoms with Crippen molar-refractivity contribution >= 4 is 30.0 Å². The highest BCUT2D eigenvalue weighted by molar-refractivity contribution is 6.38. The number of pyridine rings is 1. The smallest absolute Gasteiger partial charge is 0.492 e. The van der Waals surface area contributed by atoms with E-state index < -0.39 is 30.2 Å². The number of rotatable bonds is 7. The van der Waals surface area contributed by atoms with Gasteiger partial charge in [0.05, 0.1) is 18.0 Å². The van der Waals surface area contributed by atoms with Crippen LogP contribution < -0.4 is 20.4 Å². The Kier molecular flexibility index (Phi) is 6.11. The average Bonchev–Trinajstić information content (AvgIpc) is 3.48. The first kappa shape index (κ1) is 22.5. The van der Waals surface area contributed by atoms with Crippen LogP contribution in [-0.4, -0.2) is 51.3 Å². The van der Waals surface area contributed by atoms with E-state index in [9.17, 15) is 18.2 Å². The summed E-state index contributed by atoms with van der Waals surface area (Å²) >= 11 is 0. The second-order valence-electron chi connectivity index (χ2n) is 8.38. The van der Waals surface area contributed by atoms with Gasteiger partial charge in [-0.1, -0.05) is 0 Å². The van der Waals surface area contributed by atoms with Gasteiger partial charge in [-0.15, -0.1) is 0 Å². The largest absolute Gasteiger partial charge is 0.798 e. The highest BCUT2D eigenvalue weighted by atomic mass is 19.2. The van der Waals surface area contributed by atoms with Crippen LogP contribution in [0.2, 0.25) is 0 Å². The van der Waals surface area contributed by atoms with Crippen molar-refractivity contribution in [3.8, 4) is 5.75 Å². The van der Waals surface area contributed by atoms with Crippen LogP contribution in [0.5, 0.6) is 5.75 Å². The lowest BCUT2D eigenvalue weighted by molar-refractivity contribution is 0.0693. The first-order valence-electron chi connectivity index (χ1n) is 10.6. The fraction of sp³-hybridized carbons (Fsp3) is 0.524. The minimum absolute atomic E-state index is 0.0425. The number of benzene rings is 1. The molecule has 2 fully saturated rings. The van der Waals surface area contributed by atoms with Gasteiger partial charge in [0.15, 0.2) is 11.6 Å². The van der Waals surface area contributed by atoms with E-state index in [1.165, 1.54) is 13.3 Å². The molecule has 4 rings (SSSR count). The molecule has 2 aliphatic rings. The molecule has 1 aromatic carbocycles. The Morgan fingerprint density at radius 2 is 2.03 bits per heavy atom. The zero-order valence-electron chi connectivity index (χ0n) is 18.2.